The minimum Gasteiger partial charge on any atom is -0.505 e. The SMILES string of the molecule is Cc1ccc(S(=O)(=O)n2c(C=O)c(O)c3ccccc32)cc1. The van der Waals surface area contributed by atoms with Gasteiger partial charge in [-0.1, -0.05) is 29.8 Å². The molecule has 1 N–H and O–H groups in total. The molecule has 22 heavy (non-hydrogen) atoms. The molecule has 6 heteroatoms. The standard InChI is InChI=1S/C16H13NO4S/c1-11-6-8-12(9-7-11)22(20,21)17-14-5-3-2-4-13(14)16(19)15(17)10-18/h2-10,19H,1H3. The average Bonchev–Trinajstić information content (AvgIpc) is 2.81. The average molecular weight is 315 g/mol. The van der Waals surface area contributed by atoms with Gasteiger partial charge in [-0.05, 0) is 31.2 Å². The first-order valence-electron chi connectivity index (χ1n) is 6.56. The molecule has 2 aromatic carbocycles. The Labute approximate surface area is 127 Å². The Morgan fingerprint density at radius 1 is 1.05 bits per heavy atom. The zero-order chi connectivity index (χ0) is 15.9. The number of rotatable bonds is 3. The van der Waals surface area contributed by atoms with E-state index >= 15 is 0 Å². The van der Waals surface area contributed by atoms with E-state index in [1.54, 1.807) is 36.4 Å². The van der Waals surface area contributed by atoms with Crippen molar-refractivity contribution in [2.75, 3.05) is 0 Å². The van der Waals surface area contributed by atoms with Crippen LogP contribution in [-0.4, -0.2) is 23.8 Å². The molecule has 1 aromatic heterocycles. The molecule has 0 aliphatic rings. The Morgan fingerprint density at radius 3 is 2.32 bits per heavy atom. The van der Waals surface area contributed by atoms with E-state index in [0.29, 0.717) is 11.7 Å². The van der Waals surface area contributed by atoms with E-state index in [4.69, 9.17) is 0 Å². The van der Waals surface area contributed by atoms with Crippen LogP contribution in [0.4, 0.5) is 0 Å². The topological polar surface area (TPSA) is 76.4 Å². The second-order valence-corrected chi connectivity index (χ2v) is 6.74. The number of carbonyl (C=O) groups is 1. The third-order valence-electron chi connectivity index (χ3n) is 3.51. The lowest BCUT2D eigenvalue weighted by Gasteiger charge is -2.09. The summed E-state index contributed by atoms with van der Waals surface area (Å²) in [6.45, 7) is 1.85. The van der Waals surface area contributed by atoms with E-state index in [2.05, 4.69) is 0 Å². The highest BCUT2D eigenvalue weighted by Gasteiger charge is 2.26. The molecule has 5 nitrogen and oxygen atoms in total. The summed E-state index contributed by atoms with van der Waals surface area (Å²) < 4.78 is 26.6. The number of para-hydroxylation sites is 1. The van der Waals surface area contributed by atoms with Crippen LogP contribution in [0.2, 0.25) is 0 Å². The van der Waals surface area contributed by atoms with Gasteiger partial charge in [0.05, 0.1) is 10.4 Å². The van der Waals surface area contributed by atoms with Gasteiger partial charge in [0, 0.05) is 5.39 Å². The lowest BCUT2D eigenvalue weighted by molar-refractivity contribution is 0.111. The quantitative estimate of drug-likeness (QED) is 0.754. The van der Waals surface area contributed by atoms with Crippen LogP contribution >= 0.6 is 0 Å². The minimum atomic E-state index is -3.98. The van der Waals surface area contributed by atoms with E-state index in [1.807, 2.05) is 6.92 Å². The number of aromatic hydroxyl groups is 1. The van der Waals surface area contributed by atoms with E-state index in [9.17, 15) is 18.3 Å². The Bertz CT molecular complexity index is 969. The van der Waals surface area contributed by atoms with E-state index in [0.717, 1.165) is 9.54 Å². The van der Waals surface area contributed by atoms with Gasteiger partial charge in [-0.25, -0.2) is 12.4 Å². The van der Waals surface area contributed by atoms with E-state index in [-0.39, 0.29) is 21.9 Å². The van der Waals surface area contributed by atoms with Crippen LogP contribution in [0.3, 0.4) is 0 Å². The highest BCUT2D eigenvalue weighted by molar-refractivity contribution is 7.90. The maximum Gasteiger partial charge on any atom is 0.268 e. The van der Waals surface area contributed by atoms with Crippen molar-refractivity contribution in [3.8, 4) is 5.75 Å². The van der Waals surface area contributed by atoms with Crippen molar-refractivity contribution < 1.29 is 18.3 Å². The molecular formula is C16H13NO4S. The molecule has 0 spiro atoms. The normalized spacial score (nSPS) is 11.7. The fourth-order valence-corrected chi connectivity index (χ4v) is 3.89. The molecule has 0 unspecified atom stereocenters. The molecule has 3 aromatic rings. The summed E-state index contributed by atoms with van der Waals surface area (Å²) >= 11 is 0. The molecule has 0 radical (unpaired) electrons. The summed E-state index contributed by atoms with van der Waals surface area (Å²) in [5, 5.41) is 10.4. The predicted molar refractivity (Wildman–Crippen MR) is 82.8 cm³/mol. The lowest BCUT2D eigenvalue weighted by Crippen LogP contribution is -2.15. The van der Waals surface area contributed by atoms with Crippen molar-refractivity contribution in [3.63, 3.8) is 0 Å². The molecule has 0 aliphatic heterocycles. The number of nitrogens with zero attached hydrogens (tertiary/aromatic N) is 1. The molecule has 0 amide bonds. The largest absolute Gasteiger partial charge is 0.505 e. The number of carbonyl (C=O) groups excluding carboxylic acids is 1. The van der Waals surface area contributed by atoms with E-state index < -0.39 is 10.0 Å². The third-order valence-corrected chi connectivity index (χ3v) is 5.25. The summed E-state index contributed by atoms with van der Waals surface area (Å²) in [5.41, 5.74) is 0.916. The molecule has 3 rings (SSSR count). The Balaban J connectivity index is 2.38. The first-order chi connectivity index (χ1) is 10.5. The molecule has 112 valence electrons. The second kappa shape index (κ2) is 4.99. The summed E-state index contributed by atoms with van der Waals surface area (Å²) in [7, 11) is -3.98. The minimum absolute atomic E-state index is 0.0574. The number of aryl methyl sites for hydroxylation is 1. The molecular weight excluding hydrogens is 302 g/mol. The summed E-state index contributed by atoms with van der Waals surface area (Å²) in [4.78, 5) is 11.4. The second-order valence-electron chi connectivity index (χ2n) is 4.95. The van der Waals surface area contributed by atoms with Crippen LogP contribution < -0.4 is 0 Å². The van der Waals surface area contributed by atoms with Crippen LogP contribution in [0.1, 0.15) is 16.1 Å². The number of hydrogen-bond donors (Lipinski definition) is 1. The smallest absolute Gasteiger partial charge is 0.268 e. The first-order valence-corrected chi connectivity index (χ1v) is 8.00. The molecule has 0 atom stereocenters. The van der Waals surface area contributed by atoms with Crippen molar-refractivity contribution in [3.05, 3.63) is 59.8 Å². The molecule has 0 fully saturated rings. The van der Waals surface area contributed by atoms with Gasteiger partial charge in [0.25, 0.3) is 10.0 Å². The number of benzene rings is 2. The zero-order valence-corrected chi connectivity index (χ0v) is 12.5. The van der Waals surface area contributed by atoms with Crippen LogP contribution in [0, 0.1) is 6.92 Å². The Morgan fingerprint density at radius 2 is 1.68 bits per heavy atom. The van der Waals surface area contributed by atoms with E-state index in [1.165, 1.54) is 12.1 Å². The highest BCUT2D eigenvalue weighted by Crippen LogP contribution is 2.33. The van der Waals surface area contributed by atoms with Gasteiger partial charge in [0.1, 0.15) is 5.69 Å². The molecule has 1 heterocycles. The van der Waals surface area contributed by atoms with Crippen molar-refractivity contribution in [2.24, 2.45) is 0 Å². The Kier molecular flexibility index (Phi) is 3.26. The van der Waals surface area contributed by atoms with Crippen LogP contribution in [0.25, 0.3) is 10.9 Å². The van der Waals surface area contributed by atoms with Crippen molar-refractivity contribution in [1.29, 1.82) is 0 Å². The van der Waals surface area contributed by atoms with Crippen LogP contribution in [0.5, 0.6) is 5.75 Å². The van der Waals surface area contributed by atoms with Gasteiger partial charge in [0.2, 0.25) is 0 Å². The zero-order valence-electron chi connectivity index (χ0n) is 11.7. The summed E-state index contributed by atoms with van der Waals surface area (Å²) in [6.07, 6.45) is 0.348. The monoisotopic (exact) mass is 315 g/mol. The van der Waals surface area contributed by atoms with Crippen molar-refractivity contribution in [1.82, 2.24) is 3.97 Å². The fourth-order valence-electron chi connectivity index (χ4n) is 2.39. The molecule has 0 saturated carbocycles. The predicted octanol–water partition coefficient (Wildman–Crippen LogP) is 2.70. The summed E-state index contributed by atoms with van der Waals surface area (Å²) in [5.74, 6) is -0.332. The molecule has 0 aliphatic carbocycles. The van der Waals surface area contributed by atoms with Crippen LogP contribution in [0.15, 0.2) is 53.4 Å². The highest BCUT2D eigenvalue weighted by atomic mass is 32.2. The summed E-state index contributed by atoms with van der Waals surface area (Å²) in [6, 6.07) is 12.7. The van der Waals surface area contributed by atoms with Gasteiger partial charge in [-0.2, -0.15) is 0 Å². The van der Waals surface area contributed by atoms with Gasteiger partial charge >= 0.3 is 0 Å². The third kappa shape index (κ3) is 2.00. The number of fused-ring (bicyclic) bond motifs is 1. The van der Waals surface area contributed by atoms with Gasteiger partial charge in [-0.15, -0.1) is 0 Å². The van der Waals surface area contributed by atoms with Crippen molar-refractivity contribution >= 4 is 27.2 Å². The maximum atomic E-state index is 12.8. The molecule has 0 bridgehead atoms. The lowest BCUT2D eigenvalue weighted by atomic mass is 10.2. The van der Waals surface area contributed by atoms with Gasteiger partial charge < -0.3 is 5.11 Å². The number of hydrogen-bond acceptors (Lipinski definition) is 4. The van der Waals surface area contributed by atoms with Crippen LogP contribution in [-0.2, 0) is 10.0 Å². The first kappa shape index (κ1) is 14.3. The fraction of sp³-hybridized carbons (Fsp3) is 0.0625. The maximum absolute atomic E-state index is 12.8. The number of aromatic nitrogens is 1. The van der Waals surface area contributed by atoms with Gasteiger partial charge in [-0.3, -0.25) is 4.79 Å². The molecule has 0 saturated heterocycles. The Hall–Kier alpha value is -2.60. The van der Waals surface area contributed by atoms with Gasteiger partial charge in [0.15, 0.2) is 12.0 Å². The number of aldehydes is 1. The van der Waals surface area contributed by atoms with Crippen molar-refractivity contribution in [2.45, 2.75) is 11.8 Å².